The van der Waals surface area contributed by atoms with E-state index in [1.54, 1.807) is 24.4 Å². The van der Waals surface area contributed by atoms with Gasteiger partial charge in [-0.2, -0.15) is 0 Å². The molecule has 0 radical (unpaired) electrons. The van der Waals surface area contributed by atoms with Crippen LogP contribution >= 0.6 is 23.8 Å². The highest BCUT2D eigenvalue weighted by Crippen LogP contribution is 2.48. The van der Waals surface area contributed by atoms with Gasteiger partial charge in [0.1, 0.15) is 27.1 Å². The molecule has 1 aromatic heterocycles. The van der Waals surface area contributed by atoms with Crippen molar-refractivity contribution in [2.24, 2.45) is 0 Å². The molecule has 150 valence electrons. The zero-order chi connectivity index (χ0) is 20.7. The van der Waals surface area contributed by atoms with Crippen molar-refractivity contribution in [2.75, 3.05) is 6.61 Å². The molecule has 1 aliphatic heterocycles. The Labute approximate surface area is 172 Å². The van der Waals surface area contributed by atoms with E-state index in [-0.39, 0.29) is 17.2 Å². The molecule has 1 aliphatic rings. The minimum absolute atomic E-state index is 0.0967. The van der Waals surface area contributed by atoms with E-state index in [0.717, 1.165) is 5.56 Å². The van der Waals surface area contributed by atoms with E-state index in [0.29, 0.717) is 17.1 Å². The standard InChI is InChI=1S/C20H20ClF3N2OS/c1-18(2)20(23,24)19(3,26-17(28)11-27-18)14-9-12(4-6-15(14)22)8-13-5-7-16(21)25-10-13/h4-7,9-10H,8,11H2,1-3H3,(H,26,28)/t19-/m1/s1. The Morgan fingerprint density at radius 2 is 1.86 bits per heavy atom. The molecule has 1 saturated heterocycles. The summed E-state index contributed by atoms with van der Waals surface area (Å²) in [5.74, 6) is -4.20. The average Bonchev–Trinajstić information content (AvgIpc) is 2.68. The van der Waals surface area contributed by atoms with Gasteiger partial charge in [-0.15, -0.1) is 0 Å². The summed E-state index contributed by atoms with van der Waals surface area (Å²) in [6.45, 7) is 3.65. The van der Waals surface area contributed by atoms with E-state index in [4.69, 9.17) is 28.6 Å². The van der Waals surface area contributed by atoms with Crippen molar-refractivity contribution in [3.05, 3.63) is 64.2 Å². The van der Waals surface area contributed by atoms with Gasteiger partial charge in [0.05, 0.1) is 6.61 Å². The highest BCUT2D eigenvalue weighted by atomic mass is 35.5. The van der Waals surface area contributed by atoms with Crippen LogP contribution in [-0.2, 0) is 16.7 Å². The Bertz CT molecular complexity index is 905. The lowest BCUT2D eigenvalue weighted by Crippen LogP contribution is -2.62. The highest BCUT2D eigenvalue weighted by Gasteiger charge is 2.64. The van der Waals surface area contributed by atoms with Crippen molar-refractivity contribution < 1.29 is 17.9 Å². The maximum Gasteiger partial charge on any atom is 0.302 e. The number of nitrogens with one attached hydrogen (secondary N) is 1. The number of rotatable bonds is 3. The Balaban J connectivity index is 2.07. The summed E-state index contributed by atoms with van der Waals surface area (Å²) in [5, 5.41) is 3.00. The average molecular weight is 429 g/mol. The number of nitrogens with zero attached hydrogens (tertiary/aromatic N) is 1. The molecule has 8 heteroatoms. The second-order valence-corrected chi connectivity index (χ2v) is 8.41. The molecule has 1 N–H and O–H groups in total. The van der Waals surface area contributed by atoms with Crippen LogP contribution in [0.2, 0.25) is 5.15 Å². The zero-order valence-electron chi connectivity index (χ0n) is 15.7. The summed E-state index contributed by atoms with van der Waals surface area (Å²) in [6.07, 6.45) is 1.99. The van der Waals surface area contributed by atoms with Crippen LogP contribution in [0.1, 0.15) is 37.5 Å². The highest BCUT2D eigenvalue weighted by molar-refractivity contribution is 7.80. The Morgan fingerprint density at radius 1 is 1.18 bits per heavy atom. The molecule has 0 unspecified atom stereocenters. The van der Waals surface area contributed by atoms with Crippen molar-refractivity contribution in [3.8, 4) is 0 Å². The Morgan fingerprint density at radius 3 is 2.50 bits per heavy atom. The number of halogens is 4. The van der Waals surface area contributed by atoms with Gasteiger partial charge in [0, 0.05) is 11.8 Å². The van der Waals surface area contributed by atoms with Crippen LogP contribution in [-0.4, -0.2) is 28.1 Å². The number of pyridine rings is 1. The number of hydrogen-bond donors (Lipinski definition) is 1. The number of benzene rings is 1. The lowest BCUT2D eigenvalue weighted by molar-refractivity contribution is -0.216. The van der Waals surface area contributed by atoms with Crippen molar-refractivity contribution in [1.82, 2.24) is 10.3 Å². The monoisotopic (exact) mass is 428 g/mol. The first-order valence-corrected chi connectivity index (χ1v) is 9.47. The molecule has 1 atom stereocenters. The van der Waals surface area contributed by atoms with Crippen LogP contribution in [0.15, 0.2) is 36.5 Å². The molecule has 2 aromatic rings. The van der Waals surface area contributed by atoms with Crippen molar-refractivity contribution in [1.29, 1.82) is 0 Å². The molecule has 2 heterocycles. The fourth-order valence-electron chi connectivity index (χ4n) is 3.38. The van der Waals surface area contributed by atoms with Crippen LogP contribution < -0.4 is 5.32 Å². The maximum atomic E-state index is 15.5. The van der Waals surface area contributed by atoms with Crippen molar-refractivity contribution in [3.63, 3.8) is 0 Å². The molecular formula is C20H20ClF3N2OS. The van der Waals surface area contributed by atoms with Gasteiger partial charge in [-0.1, -0.05) is 36.0 Å². The fraction of sp³-hybridized carbons (Fsp3) is 0.400. The predicted octanol–water partition coefficient (Wildman–Crippen LogP) is 5.04. The molecule has 1 aromatic carbocycles. The van der Waals surface area contributed by atoms with Gasteiger partial charge in [-0.05, 0) is 56.5 Å². The predicted molar refractivity (Wildman–Crippen MR) is 107 cm³/mol. The van der Waals surface area contributed by atoms with Gasteiger partial charge in [0.25, 0.3) is 0 Å². The molecule has 0 saturated carbocycles. The Hall–Kier alpha value is -1.70. The normalized spacial score (nSPS) is 23.8. The summed E-state index contributed by atoms with van der Waals surface area (Å²) in [7, 11) is 0. The van der Waals surface area contributed by atoms with E-state index >= 15 is 8.78 Å². The second-order valence-electron chi connectivity index (χ2n) is 7.53. The van der Waals surface area contributed by atoms with Crippen LogP contribution in [0.25, 0.3) is 0 Å². The third-order valence-corrected chi connectivity index (χ3v) is 5.55. The number of thiocarbonyl (C=S) groups is 1. The van der Waals surface area contributed by atoms with Gasteiger partial charge < -0.3 is 10.1 Å². The molecule has 0 aliphatic carbocycles. The molecule has 0 amide bonds. The third kappa shape index (κ3) is 3.63. The van der Waals surface area contributed by atoms with E-state index in [1.807, 2.05) is 0 Å². The molecular weight excluding hydrogens is 409 g/mol. The van der Waals surface area contributed by atoms with E-state index < -0.39 is 22.9 Å². The topological polar surface area (TPSA) is 34.1 Å². The van der Waals surface area contributed by atoms with Gasteiger partial charge >= 0.3 is 5.92 Å². The first-order valence-electron chi connectivity index (χ1n) is 8.68. The van der Waals surface area contributed by atoms with Gasteiger partial charge in [-0.3, -0.25) is 0 Å². The molecule has 3 rings (SSSR count). The summed E-state index contributed by atoms with van der Waals surface area (Å²) in [6, 6.07) is 7.62. The quantitative estimate of drug-likeness (QED) is 0.548. The lowest BCUT2D eigenvalue weighted by atomic mass is 9.77. The molecule has 3 nitrogen and oxygen atoms in total. The first-order chi connectivity index (χ1) is 13.0. The summed E-state index contributed by atoms with van der Waals surface area (Å²) in [5.41, 5.74) is -2.61. The van der Waals surface area contributed by atoms with Crippen LogP contribution in [0.5, 0.6) is 0 Å². The van der Waals surface area contributed by atoms with Gasteiger partial charge in [0.15, 0.2) is 0 Å². The molecule has 28 heavy (non-hydrogen) atoms. The summed E-state index contributed by atoms with van der Waals surface area (Å²) < 4.78 is 51.1. The minimum atomic E-state index is -3.46. The van der Waals surface area contributed by atoms with Gasteiger partial charge in [0.2, 0.25) is 0 Å². The molecule has 0 spiro atoms. The minimum Gasteiger partial charge on any atom is -0.363 e. The largest absolute Gasteiger partial charge is 0.363 e. The molecule has 0 bridgehead atoms. The number of alkyl halides is 2. The second kappa shape index (κ2) is 7.28. The first kappa shape index (κ1) is 21.0. The van der Waals surface area contributed by atoms with Crippen LogP contribution in [0, 0.1) is 5.82 Å². The van der Waals surface area contributed by atoms with E-state index in [2.05, 4.69) is 10.3 Å². The molecule has 1 fully saturated rings. The SMILES string of the molecule is CC1(C)OCC(=S)N[C@](C)(c2cc(Cc3ccc(Cl)nc3)ccc2F)C1(F)F. The maximum absolute atomic E-state index is 15.5. The number of ether oxygens (including phenoxy) is 1. The van der Waals surface area contributed by atoms with Crippen LogP contribution in [0.3, 0.4) is 0 Å². The van der Waals surface area contributed by atoms with E-state index in [1.165, 1.54) is 32.9 Å². The summed E-state index contributed by atoms with van der Waals surface area (Å²) in [4.78, 5) is 4.11. The van der Waals surface area contributed by atoms with Crippen LogP contribution in [0.4, 0.5) is 13.2 Å². The van der Waals surface area contributed by atoms with E-state index in [9.17, 15) is 4.39 Å². The summed E-state index contributed by atoms with van der Waals surface area (Å²) >= 11 is 10.9. The zero-order valence-corrected chi connectivity index (χ0v) is 17.2. The third-order valence-electron chi connectivity index (χ3n) is 5.10. The number of aromatic nitrogens is 1. The van der Waals surface area contributed by atoms with Crippen molar-refractivity contribution >= 4 is 28.8 Å². The lowest BCUT2D eigenvalue weighted by Gasteiger charge is -2.44. The van der Waals surface area contributed by atoms with Gasteiger partial charge in [-0.25, -0.2) is 18.2 Å². The Kier molecular flexibility index (Phi) is 5.47. The fourth-order valence-corrected chi connectivity index (χ4v) is 3.76. The smallest absolute Gasteiger partial charge is 0.302 e. The van der Waals surface area contributed by atoms with Crippen molar-refractivity contribution in [2.45, 2.75) is 44.3 Å². The number of hydrogen-bond acceptors (Lipinski definition) is 3.